The molecule has 0 atom stereocenters. The maximum atomic E-state index is 13.2. The highest BCUT2D eigenvalue weighted by Crippen LogP contribution is 2.21. The van der Waals surface area contributed by atoms with Crippen LogP contribution in [0.1, 0.15) is 72.1 Å². The Kier molecular flexibility index (Phi) is 12.6. The summed E-state index contributed by atoms with van der Waals surface area (Å²) in [7, 11) is 1.47. The molecule has 4 rings (SSSR count). The summed E-state index contributed by atoms with van der Waals surface area (Å²) in [5, 5.41) is 17.8. The molecule has 2 fully saturated rings. The number of aromatic nitrogens is 2. The molecule has 10 nitrogen and oxygen atoms in total. The van der Waals surface area contributed by atoms with Gasteiger partial charge in [0, 0.05) is 25.2 Å². The zero-order valence-electron chi connectivity index (χ0n) is 22.5. The lowest BCUT2D eigenvalue weighted by Gasteiger charge is -2.29. The van der Waals surface area contributed by atoms with Crippen molar-refractivity contribution in [3.8, 4) is 0 Å². The lowest BCUT2D eigenvalue weighted by Crippen LogP contribution is -2.44. The van der Waals surface area contributed by atoms with Crippen LogP contribution in [-0.4, -0.2) is 70.7 Å². The molecule has 3 amide bonds. The molecule has 0 saturated heterocycles. The van der Waals surface area contributed by atoms with E-state index in [9.17, 15) is 28.3 Å². The number of hydrogen-bond donors (Lipinski definition) is 4. The number of carbonyl (C=O) groups is 3. The largest absolute Gasteiger partial charge is 0.393 e. The molecule has 0 aromatic carbocycles. The van der Waals surface area contributed by atoms with E-state index in [1.165, 1.54) is 7.11 Å². The molecule has 4 N–H and O–H groups in total. The summed E-state index contributed by atoms with van der Waals surface area (Å²) < 4.78 is 30.9. The van der Waals surface area contributed by atoms with Crippen LogP contribution in [0.5, 0.6) is 0 Å². The van der Waals surface area contributed by atoms with E-state index in [0.717, 1.165) is 50.2 Å². The summed E-state index contributed by atoms with van der Waals surface area (Å²) in [5.41, 5.74) is 0.0741. The van der Waals surface area contributed by atoms with Crippen LogP contribution in [-0.2, 0) is 9.53 Å². The average molecular weight is 616 g/mol. The second-order valence-corrected chi connectivity index (χ2v) is 10.7. The molecule has 224 valence electrons. The molecule has 0 radical (unpaired) electrons. The number of rotatable bonds is 7. The van der Waals surface area contributed by atoms with Gasteiger partial charge in [-0.05, 0) is 63.5 Å². The summed E-state index contributed by atoms with van der Waals surface area (Å²) in [4.78, 5) is 42.7. The van der Waals surface area contributed by atoms with Crippen LogP contribution in [0.15, 0.2) is 24.5 Å². The van der Waals surface area contributed by atoms with E-state index in [1.54, 1.807) is 0 Å². The minimum Gasteiger partial charge on any atom is -0.393 e. The van der Waals surface area contributed by atoms with E-state index in [2.05, 4.69) is 25.9 Å². The van der Waals surface area contributed by atoms with E-state index in [1.807, 2.05) is 0 Å². The number of amides is 3. The lowest BCUT2D eigenvalue weighted by molar-refractivity contribution is -0.125. The van der Waals surface area contributed by atoms with E-state index in [0.29, 0.717) is 25.7 Å². The monoisotopic (exact) mass is 615 g/mol. The number of aliphatic hydroxyl groups is 1. The number of methoxy groups -OCH3 is 1. The fraction of sp³-hybridized carbons (Fsp3) is 0.519. The van der Waals surface area contributed by atoms with E-state index in [-0.39, 0.29) is 58.2 Å². The molecule has 2 aromatic heterocycles. The first-order chi connectivity index (χ1) is 19.5. The Balaban J connectivity index is 0.000000232. The number of nitrogens with zero attached hydrogens (tertiary/aromatic N) is 2. The van der Waals surface area contributed by atoms with Crippen LogP contribution < -0.4 is 16.0 Å². The molecule has 2 saturated carbocycles. The predicted molar refractivity (Wildman–Crippen MR) is 148 cm³/mol. The number of aliphatic hydroxyl groups excluding tert-OH is 1. The van der Waals surface area contributed by atoms with Gasteiger partial charge in [-0.25, -0.2) is 18.7 Å². The number of carbonyl (C=O) groups excluding carboxylic acids is 3. The zero-order valence-corrected chi connectivity index (χ0v) is 24.0. The molecule has 0 unspecified atom stereocenters. The Morgan fingerprint density at radius 3 is 1.61 bits per heavy atom. The highest BCUT2D eigenvalue weighted by atomic mass is 35.5. The number of halogens is 4. The predicted octanol–water partition coefficient (Wildman–Crippen LogP) is 3.59. The Bertz CT molecular complexity index is 1210. The molecule has 14 heteroatoms. The summed E-state index contributed by atoms with van der Waals surface area (Å²) in [6.45, 7) is 0.0434. The third-order valence-corrected chi connectivity index (χ3v) is 7.44. The number of nitrogens with one attached hydrogen (secondary N) is 3. The number of ether oxygens (including phenoxy) is 1. The van der Waals surface area contributed by atoms with E-state index in [4.69, 9.17) is 27.9 Å². The van der Waals surface area contributed by atoms with Gasteiger partial charge in [0.15, 0.2) is 0 Å². The second-order valence-electron chi connectivity index (χ2n) is 9.99. The second kappa shape index (κ2) is 15.9. The van der Waals surface area contributed by atoms with Crippen molar-refractivity contribution in [3.63, 3.8) is 0 Å². The van der Waals surface area contributed by atoms with E-state index >= 15 is 0 Å². The summed E-state index contributed by atoms with van der Waals surface area (Å²) in [6, 6.07) is 2.20. The van der Waals surface area contributed by atoms with Crippen LogP contribution in [0.4, 0.5) is 8.78 Å². The highest BCUT2D eigenvalue weighted by Gasteiger charge is 2.25. The molecule has 2 heterocycles. The van der Waals surface area contributed by atoms with Gasteiger partial charge in [0.25, 0.3) is 11.8 Å². The Morgan fingerprint density at radius 1 is 0.805 bits per heavy atom. The van der Waals surface area contributed by atoms with Gasteiger partial charge in [0.1, 0.15) is 28.5 Å². The standard InChI is InChI=1S/C15H19ClFN3O3.C12H14ClFN2O2/c1-23-8-13(21)19-10-2-4-11(5-3-10)20-15(22)12-6-9(17)7-18-14(12)16;13-11-10(5-7(14)6-15-11)12(18)16-8-1-3-9(17)4-2-8/h6-7,10-11H,2-5,8H2,1H3,(H,19,21)(H,20,22);5-6,8-9,17H,1-4H2,(H,16,18). The first-order valence-corrected chi connectivity index (χ1v) is 14.0. The molecule has 2 aliphatic carbocycles. The van der Waals surface area contributed by atoms with Crippen LogP contribution in [0, 0.1) is 11.6 Å². The van der Waals surface area contributed by atoms with Gasteiger partial charge in [0.05, 0.1) is 29.6 Å². The smallest absolute Gasteiger partial charge is 0.254 e. The molecule has 2 aliphatic rings. The molecule has 2 aromatic rings. The first kappa shape index (κ1) is 32.6. The molecular formula is C27H33Cl2F2N5O5. The maximum Gasteiger partial charge on any atom is 0.254 e. The van der Waals surface area contributed by atoms with Crippen LogP contribution in [0.2, 0.25) is 10.3 Å². The quantitative estimate of drug-likeness (QED) is 0.349. The zero-order chi connectivity index (χ0) is 29.9. The van der Waals surface area contributed by atoms with E-state index < -0.39 is 23.4 Å². The minimum atomic E-state index is -0.607. The molecule has 0 bridgehead atoms. The van der Waals surface area contributed by atoms with Crippen molar-refractivity contribution < 1.29 is 33.0 Å². The van der Waals surface area contributed by atoms with Crippen molar-refractivity contribution in [2.45, 2.75) is 75.6 Å². The molecule has 0 spiro atoms. The minimum absolute atomic E-state index is 0.000217. The molecule has 41 heavy (non-hydrogen) atoms. The van der Waals surface area contributed by atoms with Gasteiger partial charge < -0.3 is 25.8 Å². The Morgan fingerprint density at radius 2 is 1.20 bits per heavy atom. The number of pyridine rings is 2. The van der Waals surface area contributed by atoms with Crippen LogP contribution in [0.25, 0.3) is 0 Å². The van der Waals surface area contributed by atoms with Gasteiger partial charge in [0.2, 0.25) is 5.91 Å². The summed E-state index contributed by atoms with van der Waals surface area (Å²) in [6.07, 6.45) is 7.39. The van der Waals surface area contributed by atoms with Gasteiger partial charge in [-0.1, -0.05) is 23.2 Å². The molecule has 0 aliphatic heterocycles. The van der Waals surface area contributed by atoms with Crippen LogP contribution in [0.3, 0.4) is 0 Å². The van der Waals surface area contributed by atoms with Crippen molar-refractivity contribution in [1.29, 1.82) is 0 Å². The van der Waals surface area contributed by atoms with Crippen molar-refractivity contribution in [1.82, 2.24) is 25.9 Å². The van der Waals surface area contributed by atoms with Gasteiger partial charge in [-0.15, -0.1) is 0 Å². The van der Waals surface area contributed by atoms with Gasteiger partial charge in [-0.3, -0.25) is 14.4 Å². The average Bonchev–Trinajstić information content (AvgIpc) is 2.94. The fourth-order valence-electron chi connectivity index (χ4n) is 4.69. The van der Waals surface area contributed by atoms with Gasteiger partial charge >= 0.3 is 0 Å². The SMILES string of the molecule is COCC(=O)NC1CCC(NC(=O)c2cc(F)cnc2Cl)CC1.O=C(NC1CCC(O)CC1)c1cc(F)cnc1Cl. The number of hydrogen-bond acceptors (Lipinski definition) is 7. The summed E-state index contributed by atoms with van der Waals surface area (Å²) in [5.74, 6) is -2.20. The van der Waals surface area contributed by atoms with Crippen LogP contribution >= 0.6 is 23.2 Å². The third-order valence-electron chi connectivity index (χ3n) is 6.84. The highest BCUT2D eigenvalue weighted by molar-refractivity contribution is 6.33. The first-order valence-electron chi connectivity index (χ1n) is 13.3. The van der Waals surface area contributed by atoms with Gasteiger partial charge in [-0.2, -0.15) is 0 Å². The molecular weight excluding hydrogens is 583 g/mol. The topological polar surface area (TPSA) is 143 Å². The lowest BCUT2D eigenvalue weighted by atomic mass is 9.91. The van der Waals surface area contributed by atoms with Crippen molar-refractivity contribution in [2.75, 3.05) is 13.7 Å². The fourth-order valence-corrected chi connectivity index (χ4v) is 5.07. The normalized spacial score (nSPS) is 22.1. The van der Waals surface area contributed by atoms with Crippen molar-refractivity contribution in [3.05, 3.63) is 57.6 Å². The maximum absolute atomic E-state index is 13.2. The van der Waals surface area contributed by atoms with Crippen molar-refractivity contribution in [2.24, 2.45) is 0 Å². The Labute approximate surface area is 246 Å². The van der Waals surface area contributed by atoms with Crippen molar-refractivity contribution >= 4 is 40.9 Å². The third kappa shape index (κ3) is 10.4. The summed E-state index contributed by atoms with van der Waals surface area (Å²) >= 11 is 11.6. The Hall–Kier alpha value is -2.93.